The van der Waals surface area contributed by atoms with Crippen LogP contribution in [0.5, 0.6) is 5.75 Å². The van der Waals surface area contributed by atoms with Crippen molar-refractivity contribution in [2.75, 3.05) is 0 Å². The van der Waals surface area contributed by atoms with E-state index in [2.05, 4.69) is 22.2 Å². The molecular weight excluding hydrogens is 238 g/mol. The van der Waals surface area contributed by atoms with Crippen molar-refractivity contribution in [2.45, 2.75) is 20.1 Å². The molecule has 0 bridgehead atoms. The first kappa shape index (κ1) is 11.7. The summed E-state index contributed by atoms with van der Waals surface area (Å²) in [6, 6.07) is 10.2. The summed E-state index contributed by atoms with van der Waals surface area (Å²) in [5.74, 6) is 0.799. The van der Waals surface area contributed by atoms with Crippen LogP contribution in [-0.4, -0.2) is 14.8 Å². The fourth-order valence-corrected chi connectivity index (χ4v) is 1.97. The van der Waals surface area contributed by atoms with Crippen LogP contribution in [0.4, 0.5) is 0 Å². The number of hydrogen-bond donors (Lipinski definition) is 0. The Bertz CT molecular complexity index is 690. The van der Waals surface area contributed by atoms with E-state index in [-0.39, 0.29) is 0 Å². The number of hydrogen-bond acceptors (Lipinski definition) is 3. The SMILES string of the molecule is CCn1cc(OCc2ccc3ncccc3c2)cn1. The summed E-state index contributed by atoms with van der Waals surface area (Å²) in [6.45, 7) is 3.44. The predicted octanol–water partition coefficient (Wildman–Crippen LogP) is 3.03. The van der Waals surface area contributed by atoms with Gasteiger partial charge in [0.2, 0.25) is 0 Å². The van der Waals surface area contributed by atoms with Crippen molar-refractivity contribution in [2.24, 2.45) is 0 Å². The molecule has 0 aliphatic carbocycles. The molecule has 0 amide bonds. The van der Waals surface area contributed by atoms with Crippen LogP contribution in [0.15, 0.2) is 48.9 Å². The van der Waals surface area contributed by atoms with E-state index in [1.54, 1.807) is 12.4 Å². The van der Waals surface area contributed by atoms with Crippen LogP contribution in [0.2, 0.25) is 0 Å². The van der Waals surface area contributed by atoms with E-state index in [4.69, 9.17) is 4.74 Å². The van der Waals surface area contributed by atoms with Crippen LogP contribution in [-0.2, 0) is 13.2 Å². The molecule has 96 valence electrons. The van der Waals surface area contributed by atoms with E-state index in [1.165, 1.54) is 0 Å². The second-order valence-corrected chi connectivity index (χ2v) is 4.35. The number of benzene rings is 1. The zero-order valence-electron chi connectivity index (χ0n) is 10.8. The van der Waals surface area contributed by atoms with Crippen molar-refractivity contribution >= 4 is 10.9 Å². The second-order valence-electron chi connectivity index (χ2n) is 4.35. The van der Waals surface area contributed by atoms with Gasteiger partial charge in [0.05, 0.1) is 17.9 Å². The van der Waals surface area contributed by atoms with Crippen molar-refractivity contribution in [3.05, 3.63) is 54.5 Å². The van der Waals surface area contributed by atoms with Crippen molar-refractivity contribution in [3.63, 3.8) is 0 Å². The van der Waals surface area contributed by atoms with E-state index >= 15 is 0 Å². The molecule has 19 heavy (non-hydrogen) atoms. The molecule has 0 atom stereocenters. The minimum absolute atomic E-state index is 0.542. The van der Waals surface area contributed by atoms with Crippen molar-refractivity contribution in [3.8, 4) is 5.75 Å². The largest absolute Gasteiger partial charge is 0.486 e. The summed E-state index contributed by atoms with van der Waals surface area (Å²) >= 11 is 0. The number of ether oxygens (including phenoxy) is 1. The molecule has 0 saturated carbocycles. The third-order valence-corrected chi connectivity index (χ3v) is 3.01. The Morgan fingerprint density at radius 3 is 3.05 bits per heavy atom. The number of rotatable bonds is 4. The number of aryl methyl sites for hydroxylation is 1. The smallest absolute Gasteiger partial charge is 0.157 e. The summed E-state index contributed by atoms with van der Waals surface area (Å²) < 4.78 is 7.57. The first-order chi connectivity index (χ1) is 9.35. The fourth-order valence-electron chi connectivity index (χ4n) is 1.97. The van der Waals surface area contributed by atoms with E-state index in [0.29, 0.717) is 6.61 Å². The van der Waals surface area contributed by atoms with Gasteiger partial charge in [0, 0.05) is 18.1 Å². The van der Waals surface area contributed by atoms with Gasteiger partial charge in [-0.05, 0) is 30.7 Å². The van der Waals surface area contributed by atoms with E-state index in [1.807, 2.05) is 36.0 Å². The Morgan fingerprint density at radius 1 is 1.26 bits per heavy atom. The molecule has 2 aromatic heterocycles. The van der Waals surface area contributed by atoms with Gasteiger partial charge in [0.1, 0.15) is 6.61 Å². The Kier molecular flexibility index (Phi) is 3.14. The van der Waals surface area contributed by atoms with Gasteiger partial charge in [-0.15, -0.1) is 0 Å². The maximum Gasteiger partial charge on any atom is 0.157 e. The predicted molar refractivity (Wildman–Crippen MR) is 74.0 cm³/mol. The molecule has 0 aliphatic heterocycles. The lowest BCUT2D eigenvalue weighted by atomic mass is 10.1. The molecule has 0 aliphatic rings. The third-order valence-electron chi connectivity index (χ3n) is 3.01. The molecule has 0 unspecified atom stereocenters. The van der Waals surface area contributed by atoms with Gasteiger partial charge in [-0.3, -0.25) is 9.67 Å². The minimum atomic E-state index is 0.542. The van der Waals surface area contributed by atoms with Crippen molar-refractivity contribution in [1.29, 1.82) is 0 Å². The van der Waals surface area contributed by atoms with Gasteiger partial charge >= 0.3 is 0 Å². The lowest BCUT2D eigenvalue weighted by Gasteiger charge is -2.04. The lowest BCUT2D eigenvalue weighted by Crippen LogP contribution is -1.95. The first-order valence-corrected chi connectivity index (χ1v) is 6.34. The average Bonchev–Trinajstić information content (AvgIpc) is 2.93. The fraction of sp³-hybridized carbons (Fsp3) is 0.200. The maximum absolute atomic E-state index is 5.72. The number of fused-ring (bicyclic) bond motifs is 1. The topological polar surface area (TPSA) is 39.9 Å². The Morgan fingerprint density at radius 2 is 2.21 bits per heavy atom. The normalized spacial score (nSPS) is 10.8. The van der Waals surface area contributed by atoms with Gasteiger partial charge in [-0.2, -0.15) is 5.10 Å². The Hall–Kier alpha value is -2.36. The zero-order chi connectivity index (χ0) is 13.1. The van der Waals surface area contributed by atoms with Crippen LogP contribution in [0.1, 0.15) is 12.5 Å². The molecule has 1 aromatic carbocycles. The molecule has 3 rings (SSSR count). The summed E-state index contributed by atoms with van der Waals surface area (Å²) in [6.07, 6.45) is 5.45. The van der Waals surface area contributed by atoms with E-state index in [0.717, 1.165) is 28.8 Å². The Balaban J connectivity index is 1.74. The standard InChI is InChI=1S/C15H15N3O/c1-2-18-10-14(9-17-18)19-11-12-5-6-15-13(8-12)4-3-7-16-15/h3-10H,2,11H2,1H3. The minimum Gasteiger partial charge on any atom is -0.486 e. The molecule has 0 radical (unpaired) electrons. The highest BCUT2D eigenvalue weighted by Gasteiger charge is 2.01. The number of aromatic nitrogens is 3. The van der Waals surface area contributed by atoms with Crippen LogP contribution >= 0.6 is 0 Å². The third kappa shape index (κ3) is 2.57. The summed E-state index contributed by atoms with van der Waals surface area (Å²) in [7, 11) is 0. The highest BCUT2D eigenvalue weighted by atomic mass is 16.5. The Labute approximate surface area is 111 Å². The van der Waals surface area contributed by atoms with Crippen LogP contribution in [0.25, 0.3) is 10.9 Å². The van der Waals surface area contributed by atoms with E-state index < -0.39 is 0 Å². The van der Waals surface area contributed by atoms with Crippen LogP contribution in [0, 0.1) is 0 Å². The molecule has 4 heteroatoms. The molecule has 2 heterocycles. The van der Waals surface area contributed by atoms with Gasteiger partial charge in [-0.25, -0.2) is 0 Å². The highest BCUT2D eigenvalue weighted by molar-refractivity contribution is 5.78. The van der Waals surface area contributed by atoms with Gasteiger partial charge in [0.15, 0.2) is 5.75 Å². The average molecular weight is 253 g/mol. The molecule has 0 fully saturated rings. The quantitative estimate of drug-likeness (QED) is 0.717. The molecule has 4 nitrogen and oxygen atoms in total. The molecule has 0 saturated heterocycles. The summed E-state index contributed by atoms with van der Waals surface area (Å²) in [4.78, 5) is 4.30. The van der Waals surface area contributed by atoms with E-state index in [9.17, 15) is 0 Å². The summed E-state index contributed by atoms with van der Waals surface area (Å²) in [5.41, 5.74) is 2.13. The first-order valence-electron chi connectivity index (χ1n) is 6.34. The van der Waals surface area contributed by atoms with Crippen molar-refractivity contribution in [1.82, 2.24) is 14.8 Å². The zero-order valence-corrected chi connectivity index (χ0v) is 10.8. The van der Waals surface area contributed by atoms with Gasteiger partial charge in [-0.1, -0.05) is 12.1 Å². The summed E-state index contributed by atoms with van der Waals surface area (Å²) in [5, 5.41) is 5.31. The molecule has 0 spiro atoms. The monoisotopic (exact) mass is 253 g/mol. The molecular formula is C15H15N3O. The number of nitrogens with zero attached hydrogens (tertiary/aromatic N) is 3. The lowest BCUT2D eigenvalue weighted by molar-refractivity contribution is 0.306. The second kappa shape index (κ2) is 5.10. The molecule has 0 N–H and O–H groups in total. The molecule has 3 aromatic rings. The maximum atomic E-state index is 5.72. The van der Waals surface area contributed by atoms with Gasteiger partial charge < -0.3 is 4.74 Å². The number of pyridine rings is 1. The van der Waals surface area contributed by atoms with Gasteiger partial charge in [0.25, 0.3) is 0 Å². The van der Waals surface area contributed by atoms with Crippen LogP contribution in [0.3, 0.4) is 0 Å². The van der Waals surface area contributed by atoms with Crippen molar-refractivity contribution < 1.29 is 4.74 Å². The highest BCUT2D eigenvalue weighted by Crippen LogP contribution is 2.16. The van der Waals surface area contributed by atoms with Crippen LogP contribution < -0.4 is 4.74 Å².